The number of aromatic nitrogens is 1. The van der Waals surface area contributed by atoms with E-state index in [1.807, 2.05) is 13.1 Å². The highest BCUT2D eigenvalue weighted by atomic mass is 16.5. The molecule has 0 bridgehead atoms. The topological polar surface area (TPSA) is 61.8 Å². The number of hydrogen-bond donors (Lipinski definition) is 2. The summed E-state index contributed by atoms with van der Waals surface area (Å²) >= 11 is 0. The van der Waals surface area contributed by atoms with Crippen molar-refractivity contribution in [1.82, 2.24) is 20.5 Å². The molecule has 0 radical (unpaired) electrons. The summed E-state index contributed by atoms with van der Waals surface area (Å²) in [4.78, 5) is 11.6. The van der Waals surface area contributed by atoms with Gasteiger partial charge in [-0.1, -0.05) is 6.07 Å². The van der Waals surface area contributed by atoms with Gasteiger partial charge in [0.25, 0.3) is 0 Å². The number of ether oxygens (including phenoxy) is 1. The van der Waals surface area contributed by atoms with E-state index in [-0.39, 0.29) is 5.54 Å². The van der Waals surface area contributed by atoms with Crippen molar-refractivity contribution >= 4 is 5.96 Å². The van der Waals surface area contributed by atoms with Gasteiger partial charge in [0.05, 0.1) is 19.8 Å². The normalized spacial score (nSPS) is 16.7. The molecule has 1 aliphatic rings. The zero-order valence-electron chi connectivity index (χ0n) is 16.1. The van der Waals surface area contributed by atoms with Crippen LogP contribution in [-0.4, -0.2) is 67.3 Å². The molecule has 1 fully saturated rings. The van der Waals surface area contributed by atoms with Crippen molar-refractivity contribution in [1.29, 1.82) is 0 Å². The van der Waals surface area contributed by atoms with Gasteiger partial charge in [0, 0.05) is 43.6 Å². The first kappa shape index (κ1) is 19.7. The van der Waals surface area contributed by atoms with Gasteiger partial charge in [0.1, 0.15) is 0 Å². The maximum atomic E-state index is 5.45. The summed E-state index contributed by atoms with van der Waals surface area (Å²) in [6, 6.07) is 4.19. The van der Waals surface area contributed by atoms with E-state index in [9.17, 15) is 0 Å². The molecular formula is C19H33N5O. The van der Waals surface area contributed by atoms with Gasteiger partial charge in [-0.2, -0.15) is 0 Å². The summed E-state index contributed by atoms with van der Waals surface area (Å²) in [5, 5.41) is 6.76. The van der Waals surface area contributed by atoms with Crippen molar-refractivity contribution in [3.8, 4) is 0 Å². The average molecular weight is 348 g/mol. The second-order valence-corrected chi connectivity index (χ2v) is 7.09. The maximum absolute atomic E-state index is 5.45. The molecule has 0 amide bonds. The summed E-state index contributed by atoms with van der Waals surface area (Å²) in [5.74, 6) is 0.879. The first-order chi connectivity index (χ1) is 12.0. The molecule has 2 rings (SSSR count). The monoisotopic (exact) mass is 347 g/mol. The van der Waals surface area contributed by atoms with Crippen LogP contribution in [0.1, 0.15) is 32.0 Å². The lowest BCUT2D eigenvalue weighted by molar-refractivity contribution is -0.00683. The lowest BCUT2D eigenvalue weighted by Gasteiger charge is -2.39. The number of nitrogens with zero attached hydrogens (tertiary/aromatic N) is 3. The van der Waals surface area contributed by atoms with Crippen LogP contribution in [0.2, 0.25) is 0 Å². The van der Waals surface area contributed by atoms with Crippen LogP contribution in [0.3, 0.4) is 0 Å². The van der Waals surface area contributed by atoms with Gasteiger partial charge in [-0.05, 0) is 45.7 Å². The Morgan fingerprint density at radius 3 is 2.68 bits per heavy atom. The first-order valence-corrected chi connectivity index (χ1v) is 9.28. The molecule has 1 aromatic rings. The van der Waals surface area contributed by atoms with Crippen molar-refractivity contribution < 1.29 is 4.74 Å². The van der Waals surface area contributed by atoms with Crippen LogP contribution in [-0.2, 0) is 11.2 Å². The highest BCUT2D eigenvalue weighted by Gasteiger charge is 2.28. The number of hydrogen-bond acceptors (Lipinski definition) is 4. The van der Waals surface area contributed by atoms with Gasteiger partial charge in [0.15, 0.2) is 5.96 Å². The Morgan fingerprint density at radius 2 is 2.04 bits per heavy atom. The highest BCUT2D eigenvalue weighted by molar-refractivity contribution is 5.79. The molecule has 2 heterocycles. The number of aliphatic imine (C=N–C) groups is 1. The first-order valence-electron chi connectivity index (χ1n) is 9.28. The Hall–Kier alpha value is -1.66. The molecule has 140 valence electrons. The third-order valence-corrected chi connectivity index (χ3v) is 4.51. The van der Waals surface area contributed by atoms with Crippen LogP contribution in [0.5, 0.6) is 0 Å². The number of pyridine rings is 1. The lowest BCUT2D eigenvalue weighted by atomic mass is 10.0. The highest BCUT2D eigenvalue weighted by Crippen LogP contribution is 2.16. The number of rotatable bonds is 7. The quantitative estimate of drug-likeness (QED) is 0.579. The number of guanidine groups is 1. The summed E-state index contributed by atoms with van der Waals surface area (Å²) in [6.45, 7) is 14.7. The minimum atomic E-state index is 0.0347. The number of nitrogens with one attached hydrogen (secondary N) is 2. The lowest BCUT2D eigenvalue weighted by Crippen LogP contribution is -2.52. The molecule has 0 aromatic carbocycles. The molecule has 1 saturated heterocycles. The third-order valence-electron chi connectivity index (χ3n) is 4.51. The molecular weight excluding hydrogens is 314 g/mol. The van der Waals surface area contributed by atoms with Gasteiger partial charge in [-0.15, -0.1) is 0 Å². The van der Waals surface area contributed by atoms with Crippen molar-refractivity contribution in [3.63, 3.8) is 0 Å². The molecule has 0 atom stereocenters. The fraction of sp³-hybridized carbons (Fsp3) is 0.684. The van der Waals surface area contributed by atoms with Gasteiger partial charge < -0.3 is 15.4 Å². The minimum absolute atomic E-state index is 0.0347. The molecule has 0 unspecified atom stereocenters. The predicted molar refractivity (Wildman–Crippen MR) is 103 cm³/mol. The maximum Gasteiger partial charge on any atom is 0.191 e. The Bertz CT molecular complexity index is 535. The van der Waals surface area contributed by atoms with Gasteiger partial charge in [0.2, 0.25) is 0 Å². The van der Waals surface area contributed by atoms with Crippen molar-refractivity contribution in [2.75, 3.05) is 45.9 Å². The molecule has 0 saturated carbocycles. The van der Waals surface area contributed by atoms with E-state index >= 15 is 0 Å². The van der Waals surface area contributed by atoms with Gasteiger partial charge in [-0.25, -0.2) is 0 Å². The van der Waals surface area contributed by atoms with Crippen molar-refractivity contribution in [2.24, 2.45) is 4.99 Å². The molecule has 6 nitrogen and oxygen atoms in total. The van der Waals surface area contributed by atoms with Crippen LogP contribution < -0.4 is 10.6 Å². The molecule has 0 aliphatic carbocycles. The Balaban J connectivity index is 1.85. The van der Waals surface area contributed by atoms with Crippen LogP contribution in [0, 0.1) is 6.92 Å². The standard InChI is InChI=1S/C19H33N5O/c1-5-20-18(21-9-8-17-7-6-16(2)22-14-17)23-15-19(3,4)24-10-12-25-13-11-24/h6-7,14H,5,8-13,15H2,1-4H3,(H2,20,21,23). The molecule has 1 aromatic heterocycles. The third kappa shape index (κ3) is 6.63. The fourth-order valence-electron chi connectivity index (χ4n) is 2.85. The zero-order chi connectivity index (χ0) is 18.1. The Kier molecular flexibility index (Phi) is 7.65. The summed E-state index contributed by atoms with van der Waals surface area (Å²) < 4.78 is 5.45. The number of aryl methyl sites for hydroxylation is 1. The minimum Gasteiger partial charge on any atom is -0.379 e. The summed E-state index contributed by atoms with van der Waals surface area (Å²) in [6.07, 6.45) is 2.88. The largest absolute Gasteiger partial charge is 0.379 e. The molecule has 1 aliphatic heterocycles. The Morgan fingerprint density at radius 1 is 1.28 bits per heavy atom. The van der Waals surface area contributed by atoms with E-state index in [1.54, 1.807) is 0 Å². The van der Waals surface area contributed by atoms with E-state index in [2.05, 4.69) is 53.4 Å². The number of morpholine rings is 1. The van der Waals surface area contributed by atoms with E-state index in [1.165, 1.54) is 5.56 Å². The average Bonchev–Trinajstić information content (AvgIpc) is 2.62. The van der Waals surface area contributed by atoms with E-state index < -0.39 is 0 Å². The summed E-state index contributed by atoms with van der Waals surface area (Å²) in [5.41, 5.74) is 2.33. The Labute approximate surface area is 152 Å². The smallest absolute Gasteiger partial charge is 0.191 e. The second kappa shape index (κ2) is 9.73. The van der Waals surface area contributed by atoms with E-state index in [0.717, 1.165) is 64.0 Å². The van der Waals surface area contributed by atoms with Crippen LogP contribution in [0.4, 0.5) is 0 Å². The van der Waals surface area contributed by atoms with Crippen LogP contribution in [0.25, 0.3) is 0 Å². The molecule has 0 spiro atoms. The predicted octanol–water partition coefficient (Wildman–Crippen LogP) is 1.60. The zero-order valence-corrected chi connectivity index (χ0v) is 16.1. The van der Waals surface area contributed by atoms with Crippen molar-refractivity contribution in [2.45, 2.75) is 39.7 Å². The SMILES string of the molecule is CCNC(=NCC(C)(C)N1CCOCC1)NCCc1ccc(C)nc1. The van der Waals surface area contributed by atoms with E-state index in [0.29, 0.717) is 0 Å². The van der Waals surface area contributed by atoms with Gasteiger partial charge >= 0.3 is 0 Å². The molecule has 25 heavy (non-hydrogen) atoms. The summed E-state index contributed by atoms with van der Waals surface area (Å²) in [7, 11) is 0. The van der Waals surface area contributed by atoms with Crippen LogP contribution >= 0.6 is 0 Å². The van der Waals surface area contributed by atoms with Crippen molar-refractivity contribution in [3.05, 3.63) is 29.6 Å². The van der Waals surface area contributed by atoms with E-state index in [4.69, 9.17) is 9.73 Å². The molecule has 6 heteroatoms. The second-order valence-electron chi connectivity index (χ2n) is 7.09. The van der Waals surface area contributed by atoms with Crippen LogP contribution in [0.15, 0.2) is 23.3 Å². The molecule has 2 N–H and O–H groups in total. The fourth-order valence-corrected chi connectivity index (χ4v) is 2.85. The van der Waals surface area contributed by atoms with Gasteiger partial charge in [-0.3, -0.25) is 14.9 Å².